The van der Waals surface area contributed by atoms with Crippen LogP contribution in [0.4, 0.5) is 0 Å². The van der Waals surface area contributed by atoms with Crippen LogP contribution in [-0.2, 0) is 14.3 Å². The Kier molecular flexibility index (Phi) is 3.17. The van der Waals surface area contributed by atoms with Crippen LogP contribution in [0.5, 0.6) is 0 Å². The highest BCUT2D eigenvalue weighted by Gasteiger charge is 2.50. The summed E-state index contributed by atoms with van der Waals surface area (Å²) >= 11 is 5.99. The fraction of sp³-hybridized carbons (Fsp3) is 0.600. The summed E-state index contributed by atoms with van der Waals surface area (Å²) in [6.07, 6.45) is 7.72. The molecule has 0 bridgehead atoms. The van der Waals surface area contributed by atoms with Gasteiger partial charge in [-0.1, -0.05) is 16.8 Å². The van der Waals surface area contributed by atoms with E-state index in [-0.39, 0.29) is 11.4 Å². The van der Waals surface area contributed by atoms with Crippen molar-refractivity contribution in [3.63, 3.8) is 0 Å². The number of aromatic nitrogens is 1. The molecule has 0 unspecified atom stereocenters. The largest absolute Gasteiger partial charge is 0.389 e. The molecular weight excluding hydrogens is 292 g/mol. The molecule has 6 heteroatoms. The van der Waals surface area contributed by atoms with Crippen LogP contribution in [0, 0.1) is 0 Å². The summed E-state index contributed by atoms with van der Waals surface area (Å²) < 4.78 is 11.5. The molecule has 2 aliphatic heterocycles. The molecule has 1 aromatic heterocycles. The second kappa shape index (κ2) is 4.93. The van der Waals surface area contributed by atoms with E-state index in [4.69, 9.17) is 25.9 Å². The SMILES string of the molecule is Clc1cncc(C2=NOC3(CCC4(CC3)OCCO4)C2)c1. The number of ether oxygens (including phenoxy) is 2. The van der Waals surface area contributed by atoms with Gasteiger partial charge in [-0.05, 0) is 18.9 Å². The van der Waals surface area contributed by atoms with Gasteiger partial charge in [-0.3, -0.25) is 4.98 Å². The van der Waals surface area contributed by atoms with Crippen LogP contribution < -0.4 is 0 Å². The summed E-state index contributed by atoms with van der Waals surface area (Å²) in [4.78, 5) is 9.91. The normalized spacial score (nSPS) is 26.0. The quantitative estimate of drug-likeness (QED) is 0.800. The van der Waals surface area contributed by atoms with Gasteiger partial charge in [0.1, 0.15) is 5.60 Å². The maximum Gasteiger partial charge on any atom is 0.168 e. The lowest BCUT2D eigenvalue weighted by atomic mass is 9.78. The molecular formula is C15H17ClN2O3. The maximum absolute atomic E-state index is 5.99. The molecule has 0 radical (unpaired) electrons. The van der Waals surface area contributed by atoms with Crippen molar-refractivity contribution in [1.29, 1.82) is 0 Å². The molecule has 1 aliphatic carbocycles. The Hall–Kier alpha value is -1.17. The number of hydrogen-bond donors (Lipinski definition) is 0. The molecule has 0 N–H and O–H groups in total. The minimum Gasteiger partial charge on any atom is -0.389 e. The molecule has 0 aromatic carbocycles. The van der Waals surface area contributed by atoms with Gasteiger partial charge in [0.15, 0.2) is 5.79 Å². The van der Waals surface area contributed by atoms with E-state index in [1.165, 1.54) is 0 Å². The van der Waals surface area contributed by atoms with Gasteiger partial charge in [-0.25, -0.2) is 0 Å². The van der Waals surface area contributed by atoms with Crippen LogP contribution in [0.25, 0.3) is 0 Å². The molecule has 2 spiro atoms. The molecule has 21 heavy (non-hydrogen) atoms. The van der Waals surface area contributed by atoms with E-state index >= 15 is 0 Å². The summed E-state index contributed by atoms with van der Waals surface area (Å²) in [5.41, 5.74) is 1.65. The van der Waals surface area contributed by atoms with E-state index in [1.54, 1.807) is 12.4 Å². The van der Waals surface area contributed by atoms with Gasteiger partial charge in [0.25, 0.3) is 0 Å². The third-order valence-electron chi connectivity index (χ3n) is 4.61. The highest BCUT2D eigenvalue weighted by Crippen LogP contribution is 2.46. The van der Waals surface area contributed by atoms with Crippen LogP contribution in [-0.4, -0.2) is 35.3 Å². The van der Waals surface area contributed by atoms with Crippen molar-refractivity contribution in [3.8, 4) is 0 Å². The zero-order valence-corrected chi connectivity index (χ0v) is 12.4. The monoisotopic (exact) mass is 308 g/mol. The van der Waals surface area contributed by atoms with Gasteiger partial charge >= 0.3 is 0 Å². The van der Waals surface area contributed by atoms with Gasteiger partial charge in [0.2, 0.25) is 0 Å². The molecule has 1 saturated heterocycles. The zero-order chi connectivity index (χ0) is 14.3. The summed E-state index contributed by atoms with van der Waals surface area (Å²) in [6.45, 7) is 1.40. The first kappa shape index (κ1) is 13.5. The molecule has 0 atom stereocenters. The fourth-order valence-corrected chi connectivity index (χ4v) is 3.56. The van der Waals surface area contributed by atoms with Gasteiger partial charge in [-0.15, -0.1) is 0 Å². The molecule has 4 rings (SSSR count). The zero-order valence-electron chi connectivity index (χ0n) is 11.7. The second-order valence-corrected chi connectivity index (χ2v) is 6.42. The minimum absolute atomic E-state index is 0.210. The van der Waals surface area contributed by atoms with Crippen molar-refractivity contribution in [3.05, 3.63) is 29.0 Å². The highest BCUT2D eigenvalue weighted by molar-refractivity contribution is 6.30. The van der Waals surface area contributed by atoms with Crippen molar-refractivity contribution >= 4 is 17.3 Å². The van der Waals surface area contributed by atoms with E-state index in [1.807, 2.05) is 6.07 Å². The van der Waals surface area contributed by atoms with Gasteiger partial charge < -0.3 is 14.3 Å². The average molecular weight is 309 g/mol. The molecule has 1 aromatic rings. The lowest BCUT2D eigenvalue weighted by Gasteiger charge is -2.39. The van der Waals surface area contributed by atoms with E-state index in [2.05, 4.69) is 10.1 Å². The van der Waals surface area contributed by atoms with Crippen molar-refractivity contribution in [2.45, 2.75) is 43.5 Å². The first-order chi connectivity index (χ1) is 10.2. The topological polar surface area (TPSA) is 52.9 Å². The summed E-state index contributed by atoms with van der Waals surface area (Å²) in [7, 11) is 0. The summed E-state index contributed by atoms with van der Waals surface area (Å²) in [5.74, 6) is -0.366. The third kappa shape index (κ3) is 2.43. The number of hydrogen-bond acceptors (Lipinski definition) is 5. The molecule has 0 amide bonds. The van der Waals surface area contributed by atoms with Crippen molar-refractivity contribution in [1.82, 2.24) is 4.98 Å². The number of halogens is 1. The van der Waals surface area contributed by atoms with E-state index in [0.717, 1.165) is 43.4 Å². The first-order valence-corrected chi connectivity index (χ1v) is 7.71. The Morgan fingerprint density at radius 3 is 2.52 bits per heavy atom. The van der Waals surface area contributed by atoms with Crippen LogP contribution in [0.1, 0.15) is 37.7 Å². The molecule has 2 fully saturated rings. The standard InChI is InChI=1S/C15H17ClN2O3/c16-12-7-11(9-17-10-12)13-8-14(21-18-13)1-3-15(4-2-14)19-5-6-20-15/h7,9-10H,1-6,8H2. The second-order valence-electron chi connectivity index (χ2n) is 5.99. The first-order valence-electron chi connectivity index (χ1n) is 7.33. The predicted octanol–water partition coefficient (Wildman–Crippen LogP) is 2.92. The lowest BCUT2D eigenvalue weighted by molar-refractivity contribution is -0.206. The predicted molar refractivity (Wildman–Crippen MR) is 77.3 cm³/mol. The summed E-state index contributed by atoms with van der Waals surface area (Å²) in [5, 5.41) is 4.89. The Morgan fingerprint density at radius 2 is 1.81 bits per heavy atom. The van der Waals surface area contributed by atoms with Crippen LogP contribution >= 0.6 is 11.6 Å². The maximum atomic E-state index is 5.99. The molecule has 3 aliphatic rings. The van der Waals surface area contributed by atoms with Gasteiger partial charge in [0, 0.05) is 37.2 Å². The minimum atomic E-state index is -0.366. The molecule has 112 valence electrons. The Bertz CT molecular complexity index is 574. The van der Waals surface area contributed by atoms with E-state index < -0.39 is 0 Å². The van der Waals surface area contributed by atoms with Crippen LogP contribution in [0.2, 0.25) is 5.02 Å². The highest BCUT2D eigenvalue weighted by atomic mass is 35.5. The lowest BCUT2D eigenvalue weighted by Crippen LogP contribution is -2.43. The fourth-order valence-electron chi connectivity index (χ4n) is 3.39. The van der Waals surface area contributed by atoms with Crippen molar-refractivity contribution < 1.29 is 14.3 Å². The molecule has 5 nitrogen and oxygen atoms in total. The third-order valence-corrected chi connectivity index (χ3v) is 4.82. The Balaban J connectivity index is 1.46. The van der Waals surface area contributed by atoms with E-state index in [0.29, 0.717) is 18.2 Å². The molecule has 3 heterocycles. The number of rotatable bonds is 1. The van der Waals surface area contributed by atoms with Crippen molar-refractivity contribution in [2.75, 3.05) is 13.2 Å². The Labute approximate surface area is 128 Å². The average Bonchev–Trinajstić information content (AvgIpc) is 3.11. The Morgan fingerprint density at radius 1 is 1.05 bits per heavy atom. The van der Waals surface area contributed by atoms with Crippen LogP contribution in [0.15, 0.2) is 23.6 Å². The van der Waals surface area contributed by atoms with Gasteiger partial charge in [0.05, 0.1) is 23.9 Å². The summed E-state index contributed by atoms with van der Waals surface area (Å²) in [6, 6.07) is 1.88. The number of oxime groups is 1. The number of nitrogens with zero attached hydrogens (tertiary/aromatic N) is 2. The number of pyridine rings is 1. The smallest absolute Gasteiger partial charge is 0.168 e. The van der Waals surface area contributed by atoms with Crippen LogP contribution in [0.3, 0.4) is 0 Å². The molecule has 1 saturated carbocycles. The van der Waals surface area contributed by atoms with Crippen molar-refractivity contribution in [2.24, 2.45) is 5.16 Å². The van der Waals surface area contributed by atoms with E-state index in [9.17, 15) is 0 Å². The van der Waals surface area contributed by atoms with Gasteiger partial charge in [-0.2, -0.15) is 0 Å².